The molecule has 0 saturated heterocycles. The SMILES string of the molecule is CC(Cc1cccc(C2(N)CC2)c1)C(=O)NC1CCCCCC1. The van der Waals surface area contributed by atoms with E-state index in [4.69, 9.17) is 5.73 Å². The Morgan fingerprint density at radius 3 is 2.61 bits per heavy atom. The lowest BCUT2D eigenvalue weighted by Gasteiger charge is -2.20. The predicted octanol–water partition coefficient (Wildman–Crippen LogP) is 3.65. The molecule has 1 amide bonds. The van der Waals surface area contributed by atoms with E-state index < -0.39 is 0 Å². The Hall–Kier alpha value is -1.35. The number of carbonyl (C=O) groups is 1. The van der Waals surface area contributed by atoms with Crippen LogP contribution in [0.1, 0.15) is 69.4 Å². The molecular weight excluding hydrogens is 284 g/mol. The summed E-state index contributed by atoms with van der Waals surface area (Å²) in [4.78, 5) is 12.5. The molecule has 2 aliphatic rings. The first kappa shape index (κ1) is 16.5. The summed E-state index contributed by atoms with van der Waals surface area (Å²) in [6.07, 6.45) is 10.4. The normalized spacial score (nSPS) is 22.2. The molecule has 126 valence electrons. The lowest BCUT2D eigenvalue weighted by molar-refractivity contribution is -0.125. The average molecular weight is 314 g/mol. The van der Waals surface area contributed by atoms with Crippen LogP contribution < -0.4 is 11.1 Å². The molecule has 2 fully saturated rings. The highest BCUT2D eigenvalue weighted by atomic mass is 16.1. The summed E-state index contributed by atoms with van der Waals surface area (Å²) in [6.45, 7) is 2.04. The minimum Gasteiger partial charge on any atom is -0.353 e. The highest BCUT2D eigenvalue weighted by Crippen LogP contribution is 2.42. The summed E-state index contributed by atoms with van der Waals surface area (Å²) in [7, 11) is 0. The van der Waals surface area contributed by atoms with Crippen LogP contribution >= 0.6 is 0 Å². The summed E-state index contributed by atoms with van der Waals surface area (Å²) in [5.74, 6) is 0.220. The third-order valence-corrected chi connectivity index (χ3v) is 5.48. The summed E-state index contributed by atoms with van der Waals surface area (Å²) in [5.41, 5.74) is 8.64. The zero-order valence-electron chi connectivity index (χ0n) is 14.3. The van der Waals surface area contributed by atoms with Gasteiger partial charge in [0.05, 0.1) is 0 Å². The van der Waals surface area contributed by atoms with Crippen LogP contribution in [-0.2, 0) is 16.8 Å². The Balaban J connectivity index is 1.55. The summed E-state index contributed by atoms with van der Waals surface area (Å²) < 4.78 is 0. The van der Waals surface area contributed by atoms with Crippen LogP contribution in [0.15, 0.2) is 24.3 Å². The highest BCUT2D eigenvalue weighted by molar-refractivity contribution is 5.78. The van der Waals surface area contributed by atoms with Gasteiger partial charge >= 0.3 is 0 Å². The van der Waals surface area contributed by atoms with Crippen LogP contribution in [0, 0.1) is 5.92 Å². The molecule has 3 nitrogen and oxygen atoms in total. The number of benzene rings is 1. The molecule has 1 aromatic carbocycles. The van der Waals surface area contributed by atoms with Gasteiger partial charge in [-0.1, -0.05) is 56.9 Å². The maximum absolute atomic E-state index is 12.5. The van der Waals surface area contributed by atoms with E-state index in [0.717, 1.165) is 32.1 Å². The number of rotatable bonds is 5. The van der Waals surface area contributed by atoms with Gasteiger partial charge < -0.3 is 11.1 Å². The zero-order chi connectivity index (χ0) is 16.3. The minimum atomic E-state index is -0.0954. The van der Waals surface area contributed by atoms with Gasteiger partial charge in [0, 0.05) is 17.5 Å². The first-order valence-electron chi connectivity index (χ1n) is 9.25. The van der Waals surface area contributed by atoms with E-state index in [-0.39, 0.29) is 17.4 Å². The van der Waals surface area contributed by atoms with E-state index in [1.807, 2.05) is 6.92 Å². The van der Waals surface area contributed by atoms with Crippen molar-refractivity contribution in [2.24, 2.45) is 11.7 Å². The Kier molecular flexibility index (Phi) is 5.05. The highest BCUT2D eigenvalue weighted by Gasteiger charge is 2.39. The number of hydrogen-bond acceptors (Lipinski definition) is 2. The van der Waals surface area contributed by atoms with Gasteiger partial charge in [-0.15, -0.1) is 0 Å². The summed E-state index contributed by atoms with van der Waals surface area (Å²) >= 11 is 0. The molecule has 3 heteroatoms. The van der Waals surface area contributed by atoms with E-state index in [1.165, 1.54) is 36.8 Å². The number of amides is 1. The first-order valence-corrected chi connectivity index (χ1v) is 9.25. The second-order valence-corrected chi connectivity index (χ2v) is 7.66. The topological polar surface area (TPSA) is 55.1 Å². The Bertz CT molecular complexity index is 542. The van der Waals surface area contributed by atoms with E-state index in [2.05, 4.69) is 29.6 Å². The van der Waals surface area contributed by atoms with Crippen LogP contribution in [0.4, 0.5) is 0 Å². The maximum atomic E-state index is 12.5. The van der Waals surface area contributed by atoms with Gasteiger partial charge in [-0.3, -0.25) is 4.79 Å². The molecule has 0 spiro atoms. The minimum absolute atomic E-state index is 0.0152. The zero-order valence-corrected chi connectivity index (χ0v) is 14.3. The van der Waals surface area contributed by atoms with Crippen LogP contribution in [-0.4, -0.2) is 11.9 Å². The molecule has 1 atom stereocenters. The number of carbonyl (C=O) groups excluding carboxylic acids is 1. The van der Waals surface area contributed by atoms with Crippen LogP contribution in [0.2, 0.25) is 0 Å². The molecule has 0 aromatic heterocycles. The van der Waals surface area contributed by atoms with Crippen LogP contribution in [0.5, 0.6) is 0 Å². The van der Waals surface area contributed by atoms with Crippen molar-refractivity contribution in [3.05, 3.63) is 35.4 Å². The molecule has 0 bridgehead atoms. The number of hydrogen-bond donors (Lipinski definition) is 2. The Labute approximate surface area is 140 Å². The molecule has 3 rings (SSSR count). The molecule has 1 aromatic rings. The van der Waals surface area contributed by atoms with Crippen molar-refractivity contribution in [1.29, 1.82) is 0 Å². The van der Waals surface area contributed by atoms with Crippen molar-refractivity contribution in [3.63, 3.8) is 0 Å². The lowest BCUT2D eigenvalue weighted by Crippen LogP contribution is -2.38. The first-order chi connectivity index (χ1) is 11.1. The Morgan fingerprint density at radius 1 is 1.26 bits per heavy atom. The second-order valence-electron chi connectivity index (χ2n) is 7.66. The largest absolute Gasteiger partial charge is 0.353 e. The fourth-order valence-electron chi connectivity index (χ4n) is 3.64. The van der Waals surface area contributed by atoms with Gasteiger partial charge in [-0.2, -0.15) is 0 Å². The van der Waals surface area contributed by atoms with Crippen molar-refractivity contribution in [3.8, 4) is 0 Å². The number of nitrogens with two attached hydrogens (primary N) is 1. The molecule has 0 aliphatic heterocycles. The van der Waals surface area contributed by atoms with Gasteiger partial charge in [-0.05, 0) is 43.2 Å². The maximum Gasteiger partial charge on any atom is 0.223 e. The fraction of sp³-hybridized carbons (Fsp3) is 0.650. The van der Waals surface area contributed by atoms with Gasteiger partial charge in [0.15, 0.2) is 0 Å². The predicted molar refractivity (Wildman–Crippen MR) is 94.0 cm³/mol. The monoisotopic (exact) mass is 314 g/mol. The van der Waals surface area contributed by atoms with Gasteiger partial charge in [0.2, 0.25) is 5.91 Å². The van der Waals surface area contributed by atoms with Gasteiger partial charge in [0.1, 0.15) is 0 Å². The average Bonchev–Trinajstić information content (AvgIpc) is 3.32. The molecule has 0 heterocycles. The van der Waals surface area contributed by atoms with Crippen molar-refractivity contribution in [2.75, 3.05) is 0 Å². The molecule has 1 unspecified atom stereocenters. The second kappa shape index (κ2) is 7.04. The standard InChI is InChI=1S/C20H30N2O/c1-15(19(23)22-18-9-4-2-3-5-10-18)13-16-7-6-8-17(14-16)20(21)11-12-20/h6-8,14-15,18H,2-5,9-13,21H2,1H3,(H,22,23). The fourth-order valence-corrected chi connectivity index (χ4v) is 3.64. The van der Waals surface area contributed by atoms with E-state index in [9.17, 15) is 4.79 Å². The van der Waals surface area contributed by atoms with Crippen LogP contribution in [0.3, 0.4) is 0 Å². The lowest BCUT2D eigenvalue weighted by atomic mass is 9.95. The molecular formula is C20H30N2O. The molecule has 2 aliphatic carbocycles. The third kappa shape index (κ3) is 4.35. The van der Waals surface area contributed by atoms with Crippen molar-refractivity contribution in [1.82, 2.24) is 5.32 Å². The number of nitrogens with one attached hydrogen (secondary N) is 1. The van der Waals surface area contributed by atoms with Crippen molar-refractivity contribution < 1.29 is 4.79 Å². The molecule has 3 N–H and O–H groups in total. The van der Waals surface area contributed by atoms with Gasteiger partial charge in [-0.25, -0.2) is 0 Å². The summed E-state index contributed by atoms with van der Waals surface area (Å²) in [5, 5.41) is 3.27. The molecule has 2 saturated carbocycles. The molecule has 0 radical (unpaired) electrons. The van der Waals surface area contributed by atoms with Crippen molar-refractivity contribution >= 4 is 5.91 Å². The summed E-state index contributed by atoms with van der Waals surface area (Å²) in [6, 6.07) is 8.89. The van der Waals surface area contributed by atoms with E-state index in [1.54, 1.807) is 0 Å². The van der Waals surface area contributed by atoms with Crippen molar-refractivity contribution in [2.45, 2.75) is 76.3 Å². The Morgan fingerprint density at radius 2 is 1.96 bits per heavy atom. The van der Waals surface area contributed by atoms with Gasteiger partial charge in [0.25, 0.3) is 0 Å². The van der Waals surface area contributed by atoms with Crippen LogP contribution in [0.25, 0.3) is 0 Å². The molecule has 23 heavy (non-hydrogen) atoms. The van der Waals surface area contributed by atoms with E-state index >= 15 is 0 Å². The smallest absolute Gasteiger partial charge is 0.223 e. The quantitative estimate of drug-likeness (QED) is 0.815. The van der Waals surface area contributed by atoms with E-state index in [0.29, 0.717) is 6.04 Å². The third-order valence-electron chi connectivity index (χ3n) is 5.48.